The molecule has 3 rings (SSSR count). The van der Waals surface area contributed by atoms with Crippen LogP contribution < -0.4 is 10.6 Å². The van der Waals surface area contributed by atoms with Gasteiger partial charge >= 0.3 is 6.18 Å². The van der Waals surface area contributed by atoms with E-state index < -0.39 is 12.7 Å². The van der Waals surface area contributed by atoms with Crippen molar-refractivity contribution in [3.8, 4) is 0 Å². The minimum Gasteiger partial charge on any atom is -0.302 e. The predicted molar refractivity (Wildman–Crippen MR) is 135 cm³/mol. The molecule has 0 amide bonds. The molecular weight excluding hydrogens is 461 g/mol. The standard InChI is InChI=1S/C26H48ClF3N4/c1-19(2)24(32-18-31-22-9-12-33(13-10-22)17-26(28,29)30)15-34-14-11-23(25(3,4)16-34)20-5-7-21(27)8-6-20/h19-24,31-32H,5-18H2,1-4H3/t20?,21?,23?,24-/m0/s1. The van der Waals surface area contributed by atoms with Crippen molar-refractivity contribution in [3.05, 3.63) is 0 Å². The van der Waals surface area contributed by atoms with E-state index in [4.69, 9.17) is 11.6 Å². The number of hydrogen-bond donors (Lipinski definition) is 2. The quantitative estimate of drug-likeness (QED) is 0.326. The molecule has 2 heterocycles. The van der Waals surface area contributed by atoms with Gasteiger partial charge in [-0.25, -0.2) is 0 Å². The van der Waals surface area contributed by atoms with Crippen molar-refractivity contribution in [1.29, 1.82) is 0 Å². The monoisotopic (exact) mass is 508 g/mol. The van der Waals surface area contributed by atoms with E-state index in [9.17, 15) is 13.2 Å². The summed E-state index contributed by atoms with van der Waals surface area (Å²) in [5.41, 5.74) is 0.326. The van der Waals surface area contributed by atoms with Crippen molar-refractivity contribution in [2.45, 2.75) is 96.3 Å². The van der Waals surface area contributed by atoms with Crippen molar-refractivity contribution in [3.63, 3.8) is 0 Å². The first kappa shape index (κ1) is 28.5. The molecule has 1 aliphatic carbocycles. The van der Waals surface area contributed by atoms with Crippen LogP contribution in [0.4, 0.5) is 13.2 Å². The third kappa shape index (κ3) is 8.79. The van der Waals surface area contributed by atoms with Gasteiger partial charge in [0.2, 0.25) is 0 Å². The van der Waals surface area contributed by atoms with Crippen molar-refractivity contribution in [2.24, 2.45) is 23.2 Å². The molecule has 2 N–H and O–H groups in total. The van der Waals surface area contributed by atoms with Gasteiger partial charge in [-0.15, -0.1) is 11.6 Å². The second-order valence-corrected chi connectivity index (χ2v) is 12.8. The fourth-order valence-corrected chi connectivity index (χ4v) is 6.92. The summed E-state index contributed by atoms with van der Waals surface area (Å²) >= 11 is 6.36. The summed E-state index contributed by atoms with van der Waals surface area (Å²) in [6, 6.07) is 0.694. The fourth-order valence-electron chi connectivity index (χ4n) is 6.67. The van der Waals surface area contributed by atoms with Crippen LogP contribution in [-0.4, -0.2) is 79.4 Å². The molecule has 0 aromatic rings. The van der Waals surface area contributed by atoms with Gasteiger partial charge in [-0.2, -0.15) is 13.2 Å². The molecule has 3 fully saturated rings. The van der Waals surface area contributed by atoms with Gasteiger partial charge in [-0.05, 0) is 87.7 Å². The molecule has 0 spiro atoms. The van der Waals surface area contributed by atoms with E-state index in [0.717, 1.165) is 37.8 Å². The summed E-state index contributed by atoms with van der Waals surface area (Å²) < 4.78 is 37.8. The van der Waals surface area contributed by atoms with Crippen LogP contribution in [0.1, 0.15) is 72.6 Å². The molecule has 0 aromatic carbocycles. The number of rotatable bonds is 9. The van der Waals surface area contributed by atoms with Crippen LogP contribution in [0.15, 0.2) is 0 Å². The van der Waals surface area contributed by atoms with Gasteiger partial charge in [0.25, 0.3) is 0 Å². The highest BCUT2D eigenvalue weighted by Crippen LogP contribution is 2.45. The molecule has 0 bridgehead atoms. The number of halogens is 4. The van der Waals surface area contributed by atoms with E-state index in [1.54, 1.807) is 0 Å². The Morgan fingerprint density at radius 1 is 0.941 bits per heavy atom. The molecule has 34 heavy (non-hydrogen) atoms. The molecule has 0 radical (unpaired) electrons. The van der Waals surface area contributed by atoms with Crippen molar-refractivity contribution in [2.75, 3.05) is 45.9 Å². The van der Waals surface area contributed by atoms with Crippen LogP contribution in [0.2, 0.25) is 0 Å². The second-order valence-electron chi connectivity index (χ2n) is 12.2. The van der Waals surface area contributed by atoms with Gasteiger partial charge in [0.1, 0.15) is 0 Å². The van der Waals surface area contributed by atoms with Crippen molar-refractivity contribution >= 4 is 11.6 Å². The van der Waals surface area contributed by atoms with Crippen molar-refractivity contribution in [1.82, 2.24) is 20.4 Å². The summed E-state index contributed by atoms with van der Waals surface area (Å²) in [6.45, 7) is 13.8. The van der Waals surface area contributed by atoms with E-state index in [1.165, 1.54) is 43.5 Å². The predicted octanol–water partition coefficient (Wildman–Crippen LogP) is 5.32. The largest absolute Gasteiger partial charge is 0.401 e. The minimum absolute atomic E-state index is 0.294. The third-order valence-corrected chi connectivity index (χ3v) is 9.10. The Hall–Kier alpha value is -0.0800. The van der Waals surface area contributed by atoms with Crippen LogP contribution in [0.3, 0.4) is 0 Å². The Kier molecular flexibility index (Phi) is 10.4. The van der Waals surface area contributed by atoms with Crippen LogP contribution in [0.5, 0.6) is 0 Å². The topological polar surface area (TPSA) is 30.5 Å². The van der Waals surface area contributed by atoms with Gasteiger partial charge < -0.3 is 15.5 Å². The minimum atomic E-state index is -4.10. The molecule has 2 aliphatic heterocycles. The molecule has 0 aromatic heterocycles. The SMILES string of the molecule is CC(C)[C@H](CN1CCC(C2CCC(Cl)CC2)C(C)(C)C1)NCNC1CCN(CC(F)(F)F)CC1. The van der Waals surface area contributed by atoms with E-state index in [-0.39, 0.29) is 0 Å². The maximum Gasteiger partial charge on any atom is 0.401 e. The zero-order chi connectivity index (χ0) is 24.9. The highest BCUT2D eigenvalue weighted by Gasteiger charge is 2.41. The first-order valence-corrected chi connectivity index (χ1v) is 14.0. The molecule has 3 aliphatic rings. The van der Waals surface area contributed by atoms with Crippen molar-refractivity contribution < 1.29 is 13.2 Å². The molecule has 8 heteroatoms. The number of nitrogens with one attached hydrogen (secondary N) is 2. The smallest absolute Gasteiger partial charge is 0.302 e. The maximum atomic E-state index is 12.6. The van der Waals surface area contributed by atoms with Gasteiger partial charge in [-0.1, -0.05) is 27.7 Å². The van der Waals surface area contributed by atoms with E-state index in [0.29, 0.717) is 48.6 Å². The highest BCUT2D eigenvalue weighted by atomic mass is 35.5. The van der Waals surface area contributed by atoms with Crippen LogP contribution in [0.25, 0.3) is 0 Å². The fraction of sp³-hybridized carbons (Fsp3) is 1.00. The van der Waals surface area contributed by atoms with Crippen LogP contribution in [0, 0.1) is 23.2 Å². The Balaban J connectivity index is 1.40. The number of piperidine rings is 2. The lowest BCUT2D eigenvalue weighted by molar-refractivity contribution is -0.148. The summed E-state index contributed by atoms with van der Waals surface area (Å²) in [4.78, 5) is 4.17. The lowest BCUT2D eigenvalue weighted by atomic mass is 9.64. The normalized spacial score (nSPS) is 31.1. The molecule has 1 unspecified atom stereocenters. The van der Waals surface area contributed by atoms with E-state index in [1.807, 2.05) is 0 Å². The molecule has 1 saturated carbocycles. The van der Waals surface area contributed by atoms with Gasteiger partial charge in [0.15, 0.2) is 0 Å². The first-order valence-electron chi connectivity index (χ1n) is 13.6. The molecular formula is C26H48ClF3N4. The zero-order valence-electron chi connectivity index (χ0n) is 21.8. The summed E-state index contributed by atoms with van der Waals surface area (Å²) in [5.74, 6) is 2.15. The molecule has 4 nitrogen and oxygen atoms in total. The summed E-state index contributed by atoms with van der Waals surface area (Å²) in [5, 5.41) is 7.65. The van der Waals surface area contributed by atoms with E-state index >= 15 is 0 Å². The Morgan fingerprint density at radius 3 is 2.12 bits per heavy atom. The number of hydrogen-bond acceptors (Lipinski definition) is 4. The Bertz CT molecular complexity index is 599. The Labute approximate surface area is 210 Å². The zero-order valence-corrected chi connectivity index (χ0v) is 22.5. The van der Waals surface area contributed by atoms with Gasteiger partial charge in [-0.3, -0.25) is 4.90 Å². The molecule has 2 atom stereocenters. The van der Waals surface area contributed by atoms with E-state index in [2.05, 4.69) is 43.2 Å². The average molecular weight is 509 g/mol. The van der Waals surface area contributed by atoms with Gasteiger partial charge in [0.05, 0.1) is 6.54 Å². The summed E-state index contributed by atoms with van der Waals surface area (Å²) in [7, 11) is 0. The van der Waals surface area contributed by atoms with Gasteiger partial charge in [0, 0.05) is 37.2 Å². The van der Waals surface area contributed by atoms with Crippen LogP contribution >= 0.6 is 11.6 Å². The molecule has 200 valence electrons. The Morgan fingerprint density at radius 2 is 1.56 bits per heavy atom. The van der Waals surface area contributed by atoms with Crippen LogP contribution in [-0.2, 0) is 0 Å². The second kappa shape index (κ2) is 12.4. The summed E-state index contributed by atoms with van der Waals surface area (Å²) in [6.07, 6.45) is 3.67. The number of alkyl halides is 4. The highest BCUT2D eigenvalue weighted by molar-refractivity contribution is 6.20. The first-order chi connectivity index (χ1) is 15.9. The third-order valence-electron chi connectivity index (χ3n) is 8.67. The lowest BCUT2D eigenvalue weighted by Crippen LogP contribution is -2.55. The average Bonchev–Trinajstić information content (AvgIpc) is 2.73. The number of likely N-dealkylation sites (tertiary alicyclic amines) is 2. The lowest BCUT2D eigenvalue weighted by Gasteiger charge is -2.49. The maximum absolute atomic E-state index is 12.6. The molecule has 2 saturated heterocycles. The number of nitrogens with zero attached hydrogens (tertiary/aromatic N) is 2.